The van der Waals surface area contributed by atoms with E-state index in [9.17, 15) is 9.59 Å². The maximum Gasteiger partial charge on any atom is 0.224 e. The lowest BCUT2D eigenvalue weighted by molar-refractivity contribution is 0.102. The lowest BCUT2D eigenvalue weighted by Crippen LogP contribution is -2.07. The highest BCUT2D eigenvalue weighted by Gasteiger charge is 2.19. The molecule has 0 bridgehead atoms. The molecular formula is C24H18Cl2N4O4. The number of carbonyl (C=O) groups is 2. The van der Waals surface area contributed by atoms with Crippen molar-refractivity contribution in [2.75, 3.05) is 14.2 Å². The Balaban J connectivity index is 0.000000192. The van der Waals surface area contributed by atoms with Gasteiger partial charge < -0.3 is 9.47 Å². The molecular weight excluding hydrogens is 479 g/mol. The van der Waals surface area contributed by atoms with Crippen molar-refractivity contribution < 1.29 is 19.1 Å². The van der Waals surface area contributed by atoms with Crippen LogP contribution < -0.4 is 9.47 Å². The maximum absolute atomic E-state index is 12.4. The lowest BCUT2D eigenvalue weighted by atomic mass is 10.1. The molecule has 0 atom stereocenters. The molecule has 0 amide bonds. The lowest BCUT2D eigenvalue weighted by Gasteiger charge is -2.08. The standard InChI is InChI=1S/C13H12N2O3.C11H6Cl2N2O/c1-17-12-9(5-3-7-14-12)11(16)10-6-4-8-15-13(10)18-2;12-10-7(3-1-5-14-10)9(16)8-4-2-6-15-11(8)13/h3-8H,1-2H3;1-6H. The molecule has 34 heavy (non-hydrogen) atoms. The summed E-state index contributed by atoms with van der Waals surface area (Å²) in [5.41, 5.74) is 1.40. The van der Waals surface area contributed by atoms with Gasteiger partial charge in [-0.25, -0.2) is 19.9 Å². The number of hydrogen-bond donors (Lipinski definition) is 0. The van der Waals surface area contributed by atoms with Crippen molar-refractivity contribution in [3.63, 3.8) is 0 Å². The van der Waals surface area contributed by atoms with Crippen LogP contribution in [0.5, 0.6) is 11.8 Å². The Morgan fingerprint density at radius 2 is 0.912 bits per heavy atom. The fourth-order valence-corrected chi connectivity index (χ4v) is 3.26. The van der Waals surface area contributed by atoms with Gasteiger partial charge in [0.2, 0.25) is 17.5 Å². The summed E-state index contributed by atoms with van der Waals surface area (Å²) in [5, 5.41) is 0.319. The number of ether oxygens (including phenoxy) is 2. The average Bonchev–Trinajstić information content (AvgIpc) is 2.88. The normalized spacial score (nSPS) is 10.0. The number of rotatable bonds is 6. The van der Waals surface area contributed by atoms with Gasteiger partial charge in [0.25, 0.3) is 0 Å². The summed E-state index contributed by atoms with van der Waals surface area (Å²) in [5.74, 6) is 0.0583. The second-order valence-corrected chi connectivity index (χ2v) is 7.18. The molecule has 172 valence electrons. The van der Waals surface area contributed by atoms with Crippen LogP contribution in [0.15, 0.2) is 73.3 Å². The maximum atomic E-state index is 12.4. The number of nitrogens with zero attached hydrogens (tertiary/aromatic N) is 4. The van der Waals surface area contributed by atoms with Gasteiger partial charge in [-0.15, -0.1) is 0 Å². The summed E-state index contributed by atoms with van der Waals surface area (Å²) < 4.78 is 10.1. The predicted molar refractivity (Wildman–Crippen MR) is 127 cm³/mol. The van der Waals surface area contributed by atoms with Crippen LogP contribution in [-0.4, -0.2) is 45.7 Å². The van der Waals surface area contributed by atoms with Gasteiger partial charge in [0.1, 0.15) is 10.3 Å². The SMILES string of the molecule is COc1ncccc1C(=O)c1cccnc1OC.O=C(c1cccnc1Cl)c1cccnc1Cl. The zero-order valence-corrected chi connectivity index (χ0v) is 19.6. The number of halogens is 2. The van der Waals surface area contributed by atoms with Crippen molar-refractivity contribution in [3.05, 3.63) is 106 Å². The molecule has 8 nitrogen and oxygen atoms in total. The third-order valence-corrected chi connectivity index (χ3v) is 5.03. The van der Waals surface area contributed by atoms with Crippen LogP contribution in [0.2, 0.25) is 10.3 Å². The summed E-state index contributed by atoms with van der Waals surface area (Å²) in [6.45, 7) is 0. The molecule has 4 aromatic heterocycles. The minimum atomic E-state index is -0.281. The highest BCUT2D eigenvalue weighted by Crippen LogP contribution is 2.23. The van der Waals surface area contributed by atoms with Gasteiger partial charge in [-0.1, -0.05) is 23.2 Å². The molecule has 4 aromatic rings. The van der Waals surface area contributed by atoms with E-state index in [1.807, 2.05) is 0 Å². The number of carbonyl (C=O) groups excluding carboxylic acids is 2. The largest absolute Gasteiger partial charge is 0.480 e. The Labute approximate surface area is 205 Å². The average molecular weight is 497 g/mol. The van der Waals surface area contributed by atoms with Crippen LogP contribution in [0.1, 0.15) is 31.8 Å². The van der Waals surface area contributed by atoms with Crippen LogP contribution >= 0.6 is 23.2 Å². The topological polar surface area (TPSA) is 104 Å². The zero-order valence-electron chi connectivity index (χ0n) is 18.1. The van der Waals surface area contributed by atoms with Crippen LogP contribution in [-0.2, 0) is 0 Å². The van der Waals surface area contributed by atoms with Crippen molar-refractivity contribution in [3.8, 4) is 11.8 Å². The predicted octanol–water partition coefficient (Wildman–Crippen LogP) is 4.74. The third kappa shape index (κ3) is 5.72. The Morgan fingerprint density at radius 3 is 1.26 bits per heavy atom. The first-order valence-electron chi connectivity index (χ1n) is 9.76. The molecule has 4 rings (SSSR count). The molecule has 0 aliphatic heterocycles. The van der Waals surface area contributed by atoms with E-state index in [1.165, 1.54) is 26.6 Å². The van der Waals surface area contributed by atoms with Gasteiger partial charge in [-0.2, -0.15) is 0 Å². The fourth-order valence-electron chi connectivity index (χ4n) is 2.85. The Bertz CT molecular complexity index is 1220. The van der Waals surface area contributed by atoms with Gasteiger partial charge in [0.05, 0.1) is 36.5 Å². The summed E-state index contributed by atoms with van der Waals surface area (Å²) in [6.07, 6.45) is 6.17. The molecule has 0 radical (unpaired) electrons. The van der Waals surface area contributed by atoms with Crippen molar-refractivity contribution >= 4 is 34.8 Å². The summed E-state index contributed by atoms with van der Waals surface area (Å²) in [6, 6.07) is 13.1. The van der Waals surface area contributed by atoms with Crippen molar-refractivity contribution in [1.82, 2.24) is 19.9 Å². The van der Waals surface area contributed by atoms with Crippen LogP contribution in [0.25, 0.3) is 0 Å². The second kappa shape index (κ2) is 11.8. The van der Waals surface area contributed by atoms with Gasteiger partial charge in [-0.3, -0.25) is 9.59 Å². The molecule has 0 unspecified atom stereocenters. The van der Waals surface area contributed by atoms with E-state index in [4.69, 9.17) is 32.7 Å². The van der Waals surface area contributed by atoms with Crippen molar-refractivity contribution in [2.24, 2.45) is 0 Å². The molecule has 0 aliphatic carbocycles. The third-order valence-electron chi connectivity index (χ3n) is 4.43. The Kier molecular flexibility index (Phi) is 8.61. The number of aromatic nitrogens is 4. The van der Waals surface area contributed by atoms with Crippen molar-refractivity contribution in [2.45, 2.75) is 0 Å². The van der Waals surface area contributed by atoms with E-state index < -0.39 is 0 Å². The van der Waals surface area contributed by atoms with E-state index in [0.29, 0.717) is 22.3 Å². The molecule has 0 spiro atoms. The second-order valence-electron chi connectivity index (χ2n) is 6.46. The minimum absolute atomic E-state index is 0.160. The number of ketones is 2. The molecule has 0 N–H and O–H groups in total. The molecule has 0 saturated heterocycles. The van der Waals surface area contributed by atoms with Crippen molar-refractivity contribution in [1.29, 1.82) is 0 Å². The van der Waals surface area contributed by atoms with Gasteiger partial charge in [0.15, 0.2) is 5.78 Å². The first kappa shape index (κ1) is 24.8. The highest BCUT2D eigenvalue weighted by molar-refractivity contribution is 6.37. The van der Waals surface area contributed by atoms with E-state index >= 15 is 0 Å². The quantitative estimate of drug-likeness (QED) is 0.278. The monoisotopic (exact) mass is 496 g/mol. The first-order valence-corrected chi connectivity index (χ1v) is 10.5. The first-order chi connectivity index (χ1) is 16.5. The smallest absolute Gasteiger partial charge is 0.224 e. The molecule has 4 heterocycles. The van der Waals surface area contributed by atoms with Gasteiger partial charge in [-0.05, 0) is 48.5 Å². The van der Waals surface area contributed by atoms with E-state index in [1.54, 1.807) is 60.9 Å². The highest BCUT2D eigenvalue weighted by atomic mass is 35.5. The summed E-state index contributed by atoms with van der Waals surface area (Å²) in [4.78, 5) is 40.1. The van der Waals surface area contributed by atoms with Crippen LogP contribution in [0, 0.1) is 0 Å². The van der Waals surface area contributed by atoms with Crippen LogP contribution in [0.3, 0.4) is 0 Å². The zero-order chi connectivity index (χ0) is 24.5. The Morgan fingerprint density at radius 1 is 0.588 bits per heavy atom. The molecule has 0 fully saturated rings. The number of methoxy groups -OCH3 is 2. The minimum Gasteiger partial charge on any atom is -0.480 e. The van der Waals surface area contributed by atoms with E-state index in [2.05, 4.69) is 19.9 Å². The van der Waals surface area contributed by atoms with Crippen LogP contribution in [0.4, 0.5) is 0 Å². The van der Waals surface area contributed by atoms with E-state index in [-0.39, 0.29) is 33.6 Å². The molecule has 0 aromatic carbocycles. The fraction of sp³-hybridized carbons (Fsp3) is 0.0833. The van der Waals surface area contributed by atoms with E-state index in [0.717, 1.165) is 0 Å². The number of hydrogen-bond acceptors (Lipinski definition) is 8. The number of pyridine rings is 4. The Hall–Kier alpha value is -3.88. The van der Waals surface area contributed by atoms with Gasteiger partial charge >= 0.3 is 0 Å². The summed E-state index contributed by atoms with van der Waals surface area (Å²) in [7, 11) is 2.94. The summed E-state index contributed by atoms with van der Waals surface area (Å²) >= 11 is 11.7. The van der Waals surface area contributed by atoms with Gasteiger partial charge in [0, 0.05) is 24.8 Å². The molecule has 0 saturated carbocycles. The molecule has 0 aliphatic rings. The molecule has 10 heteroatoms.